The van der Waals surface area contributed by atoms with Crippen LogP contribution in [0.2, 0.25) is 0 Å². The van der Waals surface area contributed by atoms with E-state index >= 15 is 0 Å². The summed E-state index contributed by atoms with van der Waals surface area (Å²) in [5, 5.41) is 11.2. The van der Waals surface area contributed by atoms with Crippen LogP contribution in [-0.2, 0) is 9.59 Å². The topological polar surface area (TPSA) is 76.1 Å². The summed E-state index contributed by atoms with van der Waals surface area (Å²) >= 11 is 0. The van der Waals surface area contributed by atoms with Gasteiger partial charge in [-0.05, 0) is 48.4 Å². The number of hydrogen-bond donors (Lipinski definition) is 1. The SMILES string of the molecule is CCCOc1cccc(/C(O)=C2/C(=O)C(=O)N(c3ccc(OC)cc3)C2c2ccccc2)c1. The van der Waals surface area contributed by atoms with Gasteiger partial charge < -0.3 is 14.6 Å². The van der Waals surface area contributed by atoms with Gasteiger partial charge in [-0.15, -0.1) is 0 Å². The van der Waals surface area contributed by atoms with E-state index in [1.165, 1.54) is 4.90 Å². The molecule has 0 saturated carbocycles. The highest BCUT2D eigenvalue weighted by molar-refractivity contribution is 6.51. The van der Waals surface area contributed by atoms with Crippen molar-refractivity contribution in [3.63, 3.8) is 0 Å². The number of Topliss-reactive ketones (excluding diaryl/α,β-unsaturated/α-hetero) is 1. The maximum atomic E-state index is 13.2. The van der Waals surface area contributed by atoms with Crippen molar-refractivity contribution in [1.82, 2.24) is 0 Å². The largest absolute Gasteiger partial charge is 0.507 e. The van der Waals surface area contributed by atoms with Crippen molar-refractivity contribution in [3.8, 4) is 11.5 Å². The van der Waals surface area contributed by atoms with Gasteiger partial charge in [0.05, 0.1) is 25.3 Å². The minimum absolute atomic E-state index is 0.0367. The molecule has 1 heterocycles. The van der Waals surface area contributed by atoms with Gasteiger partial charge in [-0.3, -0.25) is 14.5 Å². The second-order valence-corrected chi connectivity index (χ2v) is 7.65. The van der Waals surface area contributed by atoms with Crippen molar-refractivity contribution in [3.05, 3.63) is 95.6 Å². The highest BCUT2D eigenvalue weighted by Gasteiger charge is 2.46. The van der Waals surface area contributed by atoms with Crippen molar-refractivity contribution in [2.24, 2.45) is 0 Å². The lowest BCUT2D eigenvalue weighted by Gasteiger charge is -2.25. The van der Waals surface area contributed by atoms with Crippen molar-refractivity contribution in [1.29, 1.82) is 0 Å². The van der Waals surface area contributed by atoms with Gasteiger partial charge in [0.15, 0.2) is 0 Å². The fourth-order valence-electron chi connectivity index (χ4n) is 3.90. The molecule has 6 nitrogen and oxygen atoms in total. The average molecular weight is 443 g/mol. The summed E-state index contributed by atoms with van der Waals surface area (Å²) in [4.78, 5) is 27.8. The van der Waals surface area contributed by atoms with Gasteiger partial charge >= 0.3 is 0 Å². The standard InChI is InChI=1S/C27H25NO5/c1-3-16-33-22-11-7-10-19(17-22)25(29)23-24(18-8-5-4-6-9-18)28(27(31)26(23)30)20-12-14-21(32-2)15-13-20/h4-15,17,24,29H,3,16H2,1-2H3/b25-23-. The maximum Gasteiger partial charge on any atom is 0.300 e. The van der Waals surface area contributed by atoms with Gasteiger partial charge in [0.2, 0.25) is 0 Å². The van der Waals surface area contributed by atoms with E-state index in [1.54, 1.807) is 55.6 Å². The van der Waals surface area contributed by atoms with E-state index in [9.17, 15) is 14.7 Å². The lowest BCUT2D eigenvalue weighted by molar-refractivity contribution is -0.132. The third kappa shape index (κ3) is 4.32. The molecule has 1 fully saturated rings. The van der Waals surface area contributed by atoms with Crippen LogP contribution in [0.4, 0.5) is 5.69 Å². The number of anilines is 1. The van der Waals surface area contributed by atoms with Crippen LogP contribution in [-0.4, -0.2) is 30.5 Å². The Labute approximate surface area is 192 Å². The second-order valence-electron chi connectivity index (χ2n) is 7.65. The number of hydrogen-bond acceptors (Lipinski definition) is 5. The van der Waals surface area contributed by atoms with Gasteiger partial charge in [0.25, 0.3) is 11.7 Å². The second kappa shape index (κ2) is 9.61. The number of aliphatic hydroxyl groups is 1. The summed E-state index contributed by atoms with van der Waals surface area (Å²) in [5.74, 6) is -0.455. The zero-order chi connectivity index (χ0) is 23.4. The predicted molar refractivity (Wildman–Crippen MR) is 126 cm³/mol. The molecular formula is C27H25NO5. The lowest BCUT2D eigenvalue weighted by Crippen LogP contribution is -2.29. The fraction of sp³-hybridized carbons (Fsp3) is 0.185. The number of carbonyl (C=O) groups is 2. The number of ketones is 1. The monoisotopic (exact) mass is 443 g/mol. The van der Waals surface area contributed by atoms with Crippen LogP contribution in [0.25, 0.3) is 5.76 Å². The van der Waals surface area contributed by atoms with E-state index in [1.807, 2.05) is 37.3 Å². The van der Waals surface area contributed by atoms with Crippen LogP contribution in [0.1, 0.15) is 30.5 Å². The molecular weight excluding hydrogens is 418 g/mol. The third-order valence-electron chi connectivity index (χ3n) is 5.49. The Balaban J connectivity index is 1.85. The normalized spacial score (nSPS) is 17.3. The summed E-state index contributed by atoms with van der Waals surface area (Å²) in [6.45, 7) is 2.54. The first-order valence-electron chi connectivity index (χ1n) is 10.8. The number of ether oxygens (including phenoxy) is 2. The Morgan fingerprint density at radius 3 is 2.33 bits per heavy atom. The number of methoxy groups -OCH3 is 1. The van der Waals surface area contributed by atoms with E-state index in [0.29, 0.717) is 34.9 Å². The molecule has 33 heavy (non-hydrogen) atoms. The summed E-state index contributed by atoms with van der Waals surface area (Å²) in [6, 6.07) is 22.2. The summed E-state index contributed by atoms with van der Waals surface area (Å²) in [5.41, 5.74) is 1.70. The molecule has 168 valence electrons. The van der Waals surface area contributed by atoms with Crippen LogP contribution in [0.5, 0.6) is 11.5 Å². The molecule has 1 aliphatic rings. The lowest BCUT2D eigenvalue weighted by atomic mass is 9.95. The molecule has 1 saturated heterocycles. The average Bonchev–Trinajstić information content (AvgIpc) is 3.13. The molecule has 1 N–H and O–H groups in total. The van der Waals surface area contributed by atoms with Gasteiger partial charge in [0.1, 0.15) is 17.3 Å². The first-order chi connectivity index (χ1) is 16.0. The van der Waals surface area contributed by atoms with Crippen molar-refractivity contribution < 1.29 is 24.2 Å². The van der Waals surface area contributed by atoms with E-state index in [4.69, 9.17) is 9.47 Å². The molecule has 1 amide bonds. The minimum Gasteiger partial charge on any atom is -0.507 e. The van der Waals surface area contributed by atoms with Crippen molar-refractivity contribution in [2.45, 2.75) is 19.4 Å². The number of amides is 1. The molecule has 0 bridgehead atoms. The van der Waals surface area contributed by atoms with Crippen LogP contribution in [0.3, 0.4) is 0 Å². The Morgan fingerprint density at radius 2 is 1.67 bits per heavy atom. The third-order valence-corrected chi connectivity index (χ3v) is 5.49. The quantitative estimate of drug-likeness (QED) is 0.312. The van der Waals surface area contributed by atoms with Crippen molar-refractivity contribution >= 4 is 23.1 Å². The summed E-state index contributed by atoms with van der Waals surface area (Å²) < 4.78 is 10.9. The van der Waals surface area contributed by atoms with Crippen LogP contribution < -0.4 is 14.4 Å². The number of nitrogens with zero attached hydrogens (tertiary/aromatic N) is 1. The van der Waals surface area contributed by atoms with Gasteiger partial charge in [-0.25, -0.2) is 0 Å². The Bertz CT molecular complexity index is 1180. The van der Waals surface area contributed by atoms with Crippen LogP contribution in [0.15, 0.2) is 84.4 Å². The predicted octanol–water partition coefficient (Wildman–Crippen LogP) is 5.11. The number of rotatable bonds is 7. The molecule has 0 aliphatic carbocycles. The molecule has 1 atom stereocenters. The molecule has 0 aromatic heterocycles. The van der Waals surface area contributed by atoms with Crippen LogP contribution in [0, 0.1) is 0 Å². The van der Waals surface area contributed by atoms with E-state index in [2.05, 4.69) is 0 Å². The molecule has 0 radical (unpaired) electrons. The highest BCUT2D eigenvalue weighted by Crippen LogP contribution is 2.42. The molecule has 1 aliphatic heterocycles. The molecule has 0 spiro atoms. The first-order valence-corrected chi connectivity index (χ1v) is 10.8. The zero-order valence-corrected chi connectivity index (χ0v) is 18.5. The Morgan fingerprint density at radius 1 is 0.939 bits per heavy atom. The van der Waals surface area contributed by atoms with E-state index < -0.39 is 17.7 Å². The van der Waals surface area contributed by atoms with Crippen molar-refractivity contribution in [2.75, 3.05) is 18.6 Å². The summed E-state index contributed by atoms with van der Waals surface area (Å²) in [6.07, 6.45) is 0.844. The fourth-order valence-corrected chi connectivity index (χ4v) is 3.90. The molecule has 1 unspecified atom stereocenters. The zero-order valence-electron chi connectivity index (χ0n) is 18.5. The van der Waals surface area contributed by atoms with Crippen LogP contribution >= 0.6 is 0 Å². The Hall–Kier alpha value is -4.06. The molecule has 4 rings (SSSR count). The highest BCUT2D eigenvalue weighted by atomic mass is 16.5. The molecule has 3 aromatic rings. The van der Waals surface area contributed by atoms with E-state index in [-0.39, 0.29) is 11.3 Å². The van der Waals surface area contributed by atoms with E-state index in [0.717, 1.165) is 6.42 Å². The van der Waals surface area contributed by atoms with Gasteiger partial charge in [-0.1, -0.05) is 49.4 Å². The Kier molecular flexibility index (Phi) is 6.45. The van der Waals surface area contributed by atoms with Gasteiger partial charge in [-0.2, -0.15) is 0 Å². The maximum absolute atomic E-state index is 13.2. The number of carbonyl (C=O) groups excluding carboxylic acids is 2. The molecule has 6 heteroatoms. The van der Waals surface area contributed by atoms with Gasteiger partial charge in [0, 0.05) is 11.3 Å². The number of benzene rings is 3. The smallest absolute Gasteiger partial charge is 0.300 e. The molecule has 3 aromatic carbocycles. The minimum atomic E-state index is -0.778. The number of aliphatic hydroxyl groups excluding tert-OH is 1. The summed E-state index contributed by atoms with van der Waals surface area (Å²) in [7, 11) is 1.56. The first kappa shape index (κ1) is 22.1.